The van der Waals surface area contributed by atoms with E-state index in [1.165, 1.54) is 11.1 Å². The largest absolute Gasteiger partial charge is 0.489 e. The summed E-state index contributed by atoms with van der Waals surface area (Å²) in [7, 11) is 1.96. The number of aryl methyl sites for hydroxylation is 3. The maximum atomic E-state index is 5.97. The van der Waals surface area contributed by atoms with Crippen molar-refractivity contribution in [1.82, 2.24) is 20.4 Å². The number of halogens is 1. The summed E-state index contributed by atoms with van der Waals surface area (Å²) >= 11 is 0. The van der Waals surface area contributed by atoms with Gasteiger partial charge in [-0.25, -0.2) is 4.99 Å². The molecule has 0 aliphatic heterocycles. The zero-order valence-electron chi connectivity index (χ0n) is 17.2. The number of nitrogens with one attached hydrogen (secondary N) is 2. The molecule has 2 aromatic rings. The Kier molecular flexibility index (Phi) is 9.62. The lowest BCUT2D eigenvalue weighted by atomic mass is 10.2. The van der Waals surface area contributed by atoms with E-state index in [2.05, 4.69) is 42.6 Å². The van der Waals surface area contributed by atoms with Crippen LogP contribution in [-0.2, 0) is 13.6 Å². The molecule has 0 fully saturated rings. The lowest BCUT2D eigenvalue weighted by Gasteiger charge is -2.18. The van der Waals surface area contributed by atoms with Crippen molar-refractivity contribution in [2.75, 3.05) is 13.1 Å². The minimum absolute atomic E-state index is 0. The Morgan fingerprint density at radius 1 is 1.26 bits per heavy atom. The monoisotopic (exact) mass is 485 g/mol. The van der Waals surface area contributed by atoms with E-state index in [-0.39, 0.29) is 30.1 Å². The van der Waals surface area contributed by atoms with Gasteiger partial charge < -0.3 is 15.4 Å². The van der Waals surface area contributed by atoms with Crippen molar-refractivity contribution >= 4 is 29.9 Å². The van der Waals surface area contributed by atoms with E-state index < -0.39 is 0 Å². The lowest BCUT2D eigenvalue weighted by molar-refractivity contribution is 0.223. The zero-order valence-corrected chi connectivity index (χ0v) is 19.5. The van der Waals surface area contributed by atoms with Gasteiger partial charge >= 0.3 is 0 Å². The van der Waals surface area contributed by atoms with Crippen LogP contribution in [-0.4, -0.2) is 34.9 Å². The molecule has 1 atom stereocenters. The standard InChI is InChI=1S/C20H31N5O.HI/c1-7-21-20(23-13-19-16(4)24-25(6)17(19)5)22-12-15(3)26-18-10-8-9-14(2)11-18;/h8-11,15H,7,12-13H2,1-6H3,(H2,21,22,23);1H. The molecular weight excluding hydrogens is 453 g/mol. The Hall–Kier alpha value is -1.77. The van der Waals surface area contributed by atoms with E-state index >= 15 is 0 Å². The van der Waals surface area contributed by atoms with Gasteiger partial charge in [-0.2, -0.15) is 5.10 Å². The molecule has 0 aliphatic rings. The molecule has 7 heteroatoms. The van der Waals surface area contributed by atoms with E-state index in [9.17, 15) is 0 Å². The minimum Gasteiger partial charge on any atom is -0.489 e. The average Bonchev–Trinajstić information content (AvgIpc) is 2.83. The summed E-state index contributed by atoms with van der Waals surface area (Å²) in [5, 5.41) is 11.1. The van der Waals surface area contributed by atoms with Crippen LogP contribution in [0.4, 0.5) is 0 Å². The molecule has 0 saturated carbocycles. The maximum absolute atomic E-state index is 5.97. The molecule has 1 aromatic heterocycles. The first-order chi connectivity index (χ1) is 12.4. The minimum atomic E-state index is 0. The second kappa shape index (κ2) is 11.2. The third-order valence-electron chi connectivity index (χ3n) is 4.28. The summed E-state index contributed by atoms with van der Waals surface area (Å²) in [5.74, 6) is 1.68. The number of guanidine groups is 1. The van der Waals surface area contributed by atoms with E-state index in [0.29, 0.717) is 13.1 Å². The number of ether oxygens (including phenoxy) is 1. The Balaban J connectivity index is 0.00000364. The highest BCUT2D eigenvalue weighted by Gasteiger charge is 2.10. The average molecular weight is 485 g/mol. The van der Waals surface area contributed by atoms with Gasteiger partial charge in [-0.15, -0.1) is 24.0 Å². The van der Waals surface area contributed by atoms with Gasteiger partial charge in [0, 0.05) is 24.8 Å². The number of hydrogen-bond acceptors (Lipinski definition) is 3. The van der Waals surface area contributed by atoms with Crippen molar-refractivity contribution in [1.29, 1.82) is 0 Å². The summed E-state index contributed by atoms with van der Waals surface area (Å²) in [6.07, 6.45) is 0.0301. The molecule has 6 nitrogen and oxygen atoms in total. The molecule has 1 aromatic carbocycles. The van der Waals surface area contributed by atoms with Crippen molar-refractivity contribution in [2.45, 2.75) is 47.3 Å². The van der Waals surface area contributed by atoms with Crippen molar-refractivity contribution in [3.05, 3.63) is 46.8 Å². The lowest BCUT2D eigenvalue weighted by Crippen LogP contribution is -2.41. The van der Waals surface area contributed by atoms with E-state index in [4.69, 9.17) is 9.73 Å². The van der Waals surface area contributed by atoms with Crippen LogP contribution in [0.3, 0.4) is 0 Å². The fraction of sp³-hybridized carbons (Fsp3) is 0.500. The molecule has 0 radical (unpaired) electrons. The van der Waals surface area contributed by atoms with Crippen LogP contribution in [0.1, 0.15) is 36.4 Å². The molecule has 0 spiro atoms. The molecule has 27 heavy (non-hydrogen) atoms. The Morgan fingerprint density at radius 2 is 2.00 bits per heavy atom. The topological polar surface area (TPSA) is 63.5 Å². The molecule has 150 valence electrons. The maximum Gasteiger partial charge on any atom is 0.191 e. The van der Waals surface area contributed by atoms with Gasteiger partial charge in [-0.1, -0.05) is 12.1 Å². The van der Waals surface area contributed by atoms with Crippen LogP contribution >= 0.6 is 24.0 Å². The fourth-order valence-electron chi connectivity index (χ4n) is 2.75. The van der Waals surface area contributed by atoms with E-state index in [1.54, 1.807) is 0 Å². The molecular formula is C20H32IN5O. The number of aliphatic imine (C=N–C) groups is 1. The highest BCUT2D eigenvalue weighted by molar-refractivity contribution is 14.0. The molecule has 0 saturated heterocycles. The van der Waals surface area contributed by atoms with Gasteiger partial charge in [-0.3, -0.25) is 4.68 Å². The van der Waals surface area contributed by atoms with Crippen LogP contribution in [0.5, 0.6) is 5.75 Å². The smallest absolute Gasteiger partial charge is 0.191 e. The Bertz CT molecular complexity index is 757. The molecule has 1 heterocycles. The summed E-state index contributed by atoms with van der Waals surface area (Å²) in [4.78, 5) is 4.70. The first-order valence-corrected chi connectivity index (χ1v) is 9.15. The van der Waals surface area contributed by atoms with Crippen LogP contribution in [0.15, 0.2) is 29.3 Å². The predicted octanol–water partition coefficient (Wildman–Crippen LogP) is 3.49. The first-order valence-electron chi connectivity index (χ1n) is 9.15. The van der Waals surface area contributed by atoms with Gasteiger partial charge in [0.1, 0.15) is 11.9 Å². The SMILES string of the molecule is CCNC(=NCc1c(C)nn(C)c1C)NCC(C)Oc1cccc(C)c1.I. The normalized spacial score (nSPS) is 12.3. The summed E-state index contributed by atoms with van der Waals surface area (Å²) in [5.41, 5.74) is 4.55. The van der Waals surface area contributed by atoms with Crippen molar-refractivity contribution in [3.8, 4) is 5.75 Å². The molecule has 0 aliphatic carbocycles. The summed E-state index contributed by atoms with van der Waals surface area (Å²) < 4.78 is 7.87. The fourth-order valence-corrected chi connectivity index (χ4v) is 2.75. The van der Waals surface area contributed by atoms with E-state index in [1.807, 2.05) is 43.8 Å². The van der Waals surface area contributed by atoms with Gasteiger partial charge in [0.05, 0.1) is 18.8 Å². The van der Waals surface area contributed by atoms with E-state index in [0.717, 1.165) is 29.6 Å². The second-order valence-corrected chi connectivity index (χ2v) is 6.59. The second-order valence-electron chi connectivity index (χ2n) is 6.59. The van der Waals surface area contributed by atoms with Crippen LogP contribution in [0.25, 0.3) is 0 Å². The number of aromatic nitrogens is 2. The zero-order chi connectivity index (χ0) is 19.1. The van der Waals surface area contributed by atoms with Crippen molar-refractivity contribution in [2.24, 2.45) is 12.0 Å². The predicted molar refractivity (Wildman–Crippen MR) is 122 cm³/mol. The number of nitrogens with zero attached hydrogens (tertiary/aromatic N) is 3. The van der Waals surface area contributed by atoms with Gasteiger partial charge in [-0.05, 0) is 52.3 Å². The highest BCUT2D eigenvalue weighted by atomic mass is 127. The highest BCUT2D eigenvalue weighted by Crippen LogP contribution is 2.14. The number of hydrogen-bond donors (Lipinski definition) is 2. The van der Waals surface area contributed by atoms with Crippen LogP contribution < -0.4 is 15.4 Å². The van der Waals surface area contributed by atoms with Crippen LogP contribution in [0.2, 0.25) is 0 Å². The molecule has 2 rings (SSSR count). The molecule has 0 bridgehead atoms. The Morgan fingerprint density at radius 3 is 2.59 bits per heavy atom. The Labute approximate surface area is 179 Å². The number of benzene rings is 1. The molecule has 2 N–H and O–H groups in total. The van der Waals surface area contributed by atoms with Gasteiger partial charge in [0.25, 0.3) is 0 Å². The quantitative estimate of drug-likeness (QED) is 0.358. The van der Waals surface area contributed by atoms with Crippen molar-refractivity contribution in [3.63, 3.8) is 0 Å². The molecule has 0 amide bonds. The summed E-state index contributed by atoms with van der Waals surface area (Å²) in [6.45, 7) is 12.4. The van der Waals surface area contributed by atoms with Crippen LogP contribution in [0, 0.1) is 20.8 Å². The van der Waals surface area contributed by atoms with Crippen molar-refractivity contribution < 1.29 is 4.74 Å². The molecule has 1 unspecified atom stereocenters. The van der Waals surface area contributed by atoms with Gasteiger partial charge in [0.2, 0.25) is 0 Å². The van der Waals surface area contributed by atoms with Gasteiger partial charge in [0.15, 0.2) is 5.96 Å². The summed E-state index contributed by atoms with van der Waals surface area (Å²) in [6, 6.07) is 8.10. The number of rotatable bonds is 7. The first kappa shape index (κ1) is 23.3. The third kappa shape index (κ3) is 7.04. The third-order valence-corrected chi connectivity index (χ3v) is 4.28.